The number of benzene rings is 3. The van der Waals surface area contributed by atoms with Gasteiger partial charge in [0, 0.05) is 23.1 Å². The Kier molecular flexibility index (Phi) is 5.09. The van der Waals surface area contributed by atoms with E-state index in [1.54, 1.807) is 14.2 Å². The van der Waals surface area contributed by atoms with E-state index in [0.29, 0.717) is 0 Å². The minimum Gasteiger partial charge on any atom is -0.497 e. The smallest absolute Gasteiger partial charge is 0.137 e. The lowest BCUT2D eigenvalue weighted by Gasteiger charge is -2.09. The first-order valence-electron chi connectivity index (χ1n) is 9.45. The molecule has 3 aromatic carbocycles. The Morgan fingerprint density at radius 1 is 0.793 bits per heavy atom. The highest BCUT2D eigenvalue weighted by Gasteiger charge is 2.10. The van der Waals surface area contributed by atoms with Crippen molar-refractivity contribution in [2.45, 2.75) is 13.8 Å². The van der Waals surface area contributed by atoms with E-state index < -0.39 is 0 Å². The lowest BCUT2D eigenvalue weighted by Crippen LogP contribution is -2.05. The molecule has 4 rings (SSSR count). The van der Waals surface area contributed by atoms with Gasteiger partial charge in [0.15, 0.2) is 0 Å². The molecule has 0 aliphatic rings. The summed E-state index contributed by atoms with van der Waals surface area (Å²) in [6.45, 7) is 4.16. The van der Waals surface area contributed by atoms with Gasteiger partial charge in [-0.05, 0) is 67.4 Å². The summed E-state index contributed by atoms with van der Waals surface area (Å²) < 4.78 is 16.9. The number of methoxy groups -OCH3 is 2. The average Bonchev–Trinajstić information content (AvgIpc) is 2.73. The fourth-order valence-electron chi connectivity index (χ4n) is 3.49. The Morgan fingerprint density at radius 2 is 1.55 bits per heavy atom. The third-order valence-electron chi connectivity index (χ3n) is 4.86. The van der Waals surface area contributed by atoms with Crippen LogP contribution in [0.2, 0.25) is 0 Å². The molecule has 4 heteroatoms. The summed E-state index contributed by atoms with van der Waals surface area (Å²) in [7, 11) is 3.32. The van der Waals surface area contributed by atoms with Crippen LogP contribution in [-0.2, 0) is 0 Å². The molecule has 146 valence electrons. The molecule has 0 radical (unpaired) electrons. The Balaban J connectivity index is 1.98. The minimum absolute atomic E-state index is 0.756. The average molecular weight is 385 g/mol. The van der Waals surface area contributed by atoms with Gasteiger partial charge in [-0.15, -0.1) is 0 Å². The van der Waals surface area contributed by atoms with Gasteiger partial charge in [-0.2, -0.15) is 0 Å². The molecule has 0 fully saturated rings. The third-order valence-corrected chi connectivity index (χ3v) is 4.86. The van der Waals surface area contributed by atoms with E-state index in [2.05, 4.69) is 26.0 Å². The first-order valence-corrected chi connectivity index (χ1v) is 9.45. The maximum atomic E-state index is 6.28. The maximum Gasteiger partial charge on any atom is 0.137 e. The Labute approximate surface area is 170 Å². The second-order valence-electron chi connectivity index (χ2n) is 6.99. The van der Waals surface area contributed by atoms with Crippen molar-refractivity contribution in [2.24, 2.45) is 4.99 Å². The summed E-state index contributed by atoms with van der Waals surface area (Å²) in [5.74, 6) is 2.34. The molecule has 0 amide bonds. The van der Waals surface area contributed by atoms with Crippen molar-refractivity contribution >= 4 is 16.7 Å². The van der Waals surface area contributed by atoms with Crippen LogP contribution in [0.3, 0.4) is 0 Å². The van der Waals surface area contributed by atoms with Crippen LogP contribution in [0.1, 0.15) is 11.1 Å². The highest BCUT2D eigenvalue weighted by molar-refractivity contribution is 5.82. The van der Waals surface area contributed by atoms with Crippen LogP contribution >= 0.6 is 0 Å². The number of hydrogen-bond donors (Lipinski definition) is 0. The van der Waals surface area contributed by atoms with Crippen molar-refractivity contribution in [3.63, 3.8) is 0 Å². The van der Waals surface area contributed by atoms with Crippen molar-refractivity contribution in [3.05, 3.63) is 83.2 Å². The number of ether oxygens (including phenoxy) is 2. The van der Waals surface area contributed by atoms with Gasteiger partial charge in [0.25, 0.3) is 0 Å². The zero-order valence-electron chi connectivity index (χ0n) is 17.0. The van der Waals surface area contributed by atoms with E-state index in [0.717, 1.165) is 56.0 Å². The largest absolute Gasteiger partial charge is 0.497 e. The topological polar surface area (TPSA) is 44.0 Å². The van der Waals surface area contributed by atoms with Gasteiger partial charge < -0.3 is 13.9 Å². The van der Waals surface area contributed by atoms with Gasteiger partial charge in [0.2, 0.25) is 0 Å². The van der Waals surface area contributed by atoms with E-state index in [-0.39, 0.29) is 0 Å². The molecule has 0 saturated carbocycles. The van der Waals surface area contributed by atoms with E-state index in [1.807, 2.05) is 54.6 Å². The van der Waals surface area contributed by atoms with E-state index in [9.17, 15) is 0 Å². The zero-order valence-corrected chi connectivity index (χ0v) is 17.0. The van der Waals surface area contributed by atoms with Crippen LogP contribution in [0, 0.1) is 13.8 Å². The summed E-state index contributed by atoms with van der Waals surface area (Å²) in [5.41, 5.74) is 4.90. The molecule has 0 unspecified atom stereocenters. The summed E-state index contributed by atoms with van der Waals surface area (Å²) in [5, 5.41) is 1.87. The van der Waals surface area contributed by atoms with Crippen molar-refractivity contribution in [1.29, 1.82) is 0 Å². The normalized spacial score (nSPS) is 11.7. The molecule has 4 aromatic rings. The van der Waals surface area contributed by atoms with Gasteiger partial charge >= 0.3 is 0 Å². The van der Waals surface area contributed by atoms with Crippen LogP contribution in [0.4, 0.5) is 5.69 Å². The summed E-state index contributed by atoms with van der Waals surface area (Å²) in [6, 6.07) is 21.8. The molecular weight excluding hydrogens is 362 g/mol. The molecule has 0 aliphatic carbocycles. The van der Waals surface area contributed by atoms with Crippen LogP contribution < -0.4 is 14.8 Å². The summed E-state index contributed by atoms with van der Waals surface area (Å²) in [4.78, 5) is 4.92. The SMILES string of the molecule is COc1ccc(-c2cc(=Nc3cccc(OC)c3)c3c(C)cc(C)cc3o2)cc1. The third kappa shape index (κ3) is 3.87. The van der Waals surface area contributed by atoms with Crippen molar-refractivity contribution in [1.82, 2.24) is 0 Å². The number of rotatable bonds is 4. The van der Waals surface area contributed by atoms with Gasteiger partial charge in [-0.25, -0.2) is 4.99 Å². The van der Waals surface area contributed by atoms with Crippen LogP contribution in [0.25, 0.3) is 22.3 Å². The second-order valence-corrected chi connectivity index (χ2v) is 6.99. The number of aryl methyl sites for hydroxylation is 2. The molecule has 0 saturated heterocycles. The van der Waals surface area contributed by atoms with Crippen molar-refractivity contribution in [3.8, 4) is 22.8 Å². The highest BCUT2D eigenvalue weighted by Crippen LogP contribution is 2.27. The van der Waals surface area contributed by atoms with Crippen LogP contribution in [0.15, 0.2) is 76.1 Å². The molecule has 0 atom stereocenters. The second kappa shape index (κ2) is 7.84. The summed E-state index contributed by atoms with van der Waals surface area (Å²) in [6.07, 6.45) is 0. The highest BCUT2D eigenvalue weighted by atomic mass is 16.5. The molecular formula is C25H23NO3. The quantitative estimate of drug-likeness (QED) is 0.435. The number of hydrogen-bond acceptors (Lipinski definition) is 4. The predicted octanol–water partition coefficient (Wildman–Crippen LogP) is 5.97. The fourth-order valence-corrected chi connectivity index (χ4v) is 3.49. The lowest BCUT2D eigenvalue weighted by molar-refractivity contribution is 0.415. The Bertz CT molecular complexity index is 1240. The molecule has 0 bridgehead atoms. The first-order chi connectivity index (χ1) is 14.1. The standard InChI is InChI=1S/C25H23NO3/c1-16-12-17(2)25-22(26-19-6-5-7-21(14-19)28-4)15-23(29-24(25)13-16)18-8-10-20(27-3)11-9-18/h5-15H,1-4H3. The predicted molar refractivity (Wildman–Crippen MR) is 116 cm³/mol. The summed E-state index contributed by atoms with van der Waals surface area (Å²) >= 11 is 0. The Hall–Kier alpha value is -3.53. The number of fused-ring (bicyclic) bond motifs is 1. The first kappa shape index (κ1) is 18.8. The van der Waals surface area contributed by atoms with Gasteiger partial charge in [0.1, 0.15) is 22.8 Å². The lowest BCUT2D eigenvalue weighted by atomic mass is 10.0. The molecule has 0 aliphatic heterocycles. The van der Waals surface area contributed by atoms with Gasteiger partial charge in [-0.3, -0.25) is 0 Å². The van der Waals surface area contributed by atoms with E-state index >= 15 is 0 Å². The van der Waals surface area contributed by atoms with Gasteiger partial charge in [-0.1, -0.05) is 12.1 Å². The molecule has 0 N–H and O–H groups in total. The molecule has 0 spiro atoms. The van der Waals surface area contributed by atoms with E-state index in [1.165, 1.54) is 0 Å². The van der Waals surface area contributed by atoms with Crippen LogP contribution in [-0.4, -0.2) is 14.2 Å². The zero-order chi connectivity index (χ0) is 20.4. The number of nitrogens with zero attached hydrogens (tertiary/aromatic N) is 1. The monoisotopic (exact) mass is 385 g/mol. The van der Waals surface area contributed by atoms with Crippen LogP contribution in [0.5, 0.6) is 11.5 Å². The van der Waals surface area contributed by atoms with Gasteiger partial charge in [0.05, 0.1) is 25.3 Å². The maximum absolute atomic E-state index is 6.28. The molecule has 4 nitrogen and oxygen atoms in total. The molecule has 29 heavy (non-hydrogen) atoms. The fraction of sp³-hybridized carbons (Fsp3) is 0.160. The van der Waals surface area contributed by atoms with Crippen molar-refractivity contribution in [2.75, 3.05) is 14.2 Å². The van der Waals surface area contributed by atoms with Crippen molar-refractivity contribution < 1.29 is 13.9 Å². The van der Waals surface area contributed by atoms with E-state index in [4.69, 9.17) is 18.9 Å². The molecule has 1 heterocycles. The molecule has 1 aromatic heterocycles. The minimum atomic E-state index is 0.756. The Morgan fingerprint density at radius 3 is 2.28 bits per heavy atom.